The van der Waals surface area contributed by atoms with Crippen molar-refractivity contribution in [1.29, 1.82) is 0 Å². The zero-order chi connectivity index (χ0) is 13.7. The fourth-order valence-corrected chi connectivity index (χ4v) is 1.76. The van der Waals surface area contributed by atoms with Crippen LogP contribution in [-0.4, -0.2) is 34.7 Å². The predicted octanol–water partition coefficient (Wildman–Crippen LogP) is 1.44. The minimum Gasteiger partial charge on any atom is -0.496 e. The van der Waals surface area contributed by atoms with E-state index in [0.29, 0.717) is 29.3 Å². The summed E-state index contributed by atoms with van der Waals surface area (Å²) in [6, 6.07) is 4.88. The summed E-state index contributed by atoms with van der Waals surface area (Å²) in [7, 11) is 1.50. The van der Waals surface area contributed by atoms with Gasteiger partial charge in [0.25, 0.3) is 5.91 Å². The normalized spacial score (nSPS) is 10.2. The molecule has 0 saturated carbocycles. The number of benzene rings is 1. The number of nitrogens with zero attached hydrogens (tertiary/aromatic N) is 2. The number of hydrogen-bond acceptors (Lipinski definition) is 4. The quantitative estimate of drug-likeness (QED) is 0.868. The van der Waals surface area contributed by atoms with Crippen molar-refractivity contribution in [2.24, 2.45) is 0 Å². The van der Waals surface area contributed by atoms with Crippen LogP contribution in [-0.2, 0) is 6.42 Å². The molecule has 0 bridgehead atoms. The number of aromatic nitrogens is 3. The van der Waals surface area contributed by atoms with Gasteiger partial charge in [0.1, 0.15) is 17.9 Å². The number of rotatable bonds is 5. The van der Waals surface area contributed by atoms with E-state index in [2.05, 4.69) is 20.5 Å². The maximum atomic E-state index is 12.0. The smallest absolute Gasteiger partial charge is 0.255 e. The lowest BCUT2D eigenvalue weighted by Crippen LogP contribution is -2.26. The molecule has 1 aromatic heterocycles. The van der Waals surface area contributed by atoms with Gasteiger partial charge in [0, 0.05) is 18.0 Å². The second kappa shape index (κ2) is 6.19. The van der Waals surface area contributed by atoms with Gasteiger partial charge in [-0.2, -0.15) is 5.10 Å². The highest BCUT2D eigenvalue weighted by atomic mass is 35.5. The van der Waals surface area contributed by atoms with Crippen molar-refractivity contribution in [3.63, 3.8) is 0 Å². The second-order valence-electron chi connectivity index (χ2n) is 3.78. The minimum atomic E-state index is -0.215. The van der Waals surface area contributed by atoms with Crippen LogP contribution >= 0.6 is 11.6 Å². The topological polar surface area (TPSA) is 79.9 Å². The molecule has 1 amide bonds. The molecule has 1 heterocycles. The van der Waals surface area contributed by atoms with E-state index < -0.39 is 0 Å². The Kier molecular flexibility index (Phi) is 4.35. The first-order valence-electron chi connectivity index (χ1n) is 5.66. The van der Waals surface area contributed by atoms with Crippen LogP contribution in [0, 0.1) is 0 Å². The van der Waals surface area contributed by atoms with Gasteiger partial charge in [-0.05, 0) is 18.2 Å². The van der Waals surface area contributed by atoms with Crippen LogP contribution in [0.3, 0.4) is 0 Å². The molecular formula is C12H13ClN4O2. The third kappa shape index (κ3) is 3.45. The van der Waals surface area contributed by atoms with Gasteiger partial charge in [0.05, 0.1) is 12.7 Å². The summed E-state index contributed by atoms with van der Waals surface area (Å²) in [6.45, 7) is 0.458. The van der Waals surface area contributed by atoms with Crippen molar-refractivity contribution >= 4 is 17.5 Å². The summed E-state index contributed by atoms with van der Waals surface area (Å²) in [4.78, 5) is 16.0. The fraction of sp³-hybridized carbons (Fsp3) is 0.250. The van der Waals surface area contributed by atoms with Gasteiger partial charge in [0.15, 0.2) is 0 Å². The summed E-state index contributed by atoms with van der Waals surface area (Å²) >= 11 is 5.84. The fourth-order valence-electron chi connectivity index (χ4n) is 1.59. The van der Waals surface area contributed by atoms with Crippen LogP contribution in [0.25, 0.3) is 0 Å². The summed E-state index contributed by atoms with van der Waals surface area (Å²) in [6.07, 6.45) is 2.01. The van der Waals surface area contributed by atoms with Crippen LogP contribution in [0.4, 0.5) is 0 Å². The largest absolute Gasteiger partial charge is 0.496 e. The van der Waals surface area contributed by atoms with Gasteiger partial charge in [-0.25, -0.2) is 4.98 Å². The summed E-state index contributed by atoms with van der Waals surface area (Å²) in [5.74, 6) is 0.959. The third-order valence-corrected chi connectivity index (χ3v) is 2.76. The van der Waals surface area contributed by atoms with E-state index >= 15 is 0 Å². The lowest BCUT2D eigenvalue weighted by atomic mass is 10.2. The third-order valence-electron chi connectivity index (χ3n) is 2.52. The van der Waals surface area contributed by atoms with E-state index in [1.807, 2.05) is 0 Å². The Labute approximate surface area is 115 Å². The molecule has 0 atom stereocenters. The Morgan fingerprint density at radius 3 is 3.05 bits per heavy atom. The molecule has 0 radical (unpaired) electrons. The number of ether oxygens (including phenoxy) is 1. The van der Waals surface area contributed by atoms with Crippen LogP contribution < -0.4 is 10.1 Å². The highest BCUT2D eigenvalue weighted by molar-refractivity contribution is 6.30. The van der Waals surface area contributed by atoms with Crippen LogP contribution in [0.1, 0.15) is 16.2 Å². The molecule has 0 aliphatic rings. The molecule has 0 aliphatic heterocycles. The average molecular weight is 281 g/mol. The highest BCUT2D eigenvalue weighted by Crippen LogP contribution is 2.22. The first-order chi connectivity index (χ1) is 9.20. The molecule has 6 nitrogen and oxygen atoms in total. The maximum Gasteiger partial charge on any atom is 0.255 e. The van der Waals surface area contributed by atoms with Gasteiger partial charge in [0.2, 0.25) is 0 Å². The molecule has 2 aromatic rings. The van der Waals surface area contributed by atoms with Crippen LogP contribution in [0.2, 0.25) is 5.02 Å². The van der Waals surface area contributed by atoms with Gasteiger partial charge < -0.3 is 10.1 Å². The number of carbonyl (C=O) groups is 1. The molecule has 0 spiro atoms. The number of amides is 1. The van der Waals surface area contributed by atoms with Crippen LogP contribution in [0.5, 0.6) is 5.75 Å². The van der Waals surface area contributed by atoms with Crippen molar-refractivity contribution in [3.8, 4) is 5.75 Å². The first-order valence-corrected chi connectivity index (χ1v) is 6.04. The molecular weight excluding hydrogens is 268 g/mol. The Hall–Kier alpha value is -2.08. The molecule has 0 aliphatic carbocycles. The minimum absolute atomic E-state index is 0.215. The zero-order valence-electron chi connectivity index (χ0n) is 10.3. The van der Waals surface area contributed by atoms with Crippen LogP contribution in [0.15, 0.2) is 24.5 Å². The molecule has 2 N–H and O–H groups in total. The van der Waals surface area contributed by atoms with Gasteiger partial charge in [-0.1, -0.05) is 11.6 Å². The van der Waals surface area contributed by atoms with E-state index in [4.69, 9.17) is 16.3 Å². The zero-order valence-corrected chi connectivity index (χ0v) is 11.1. The summed E-state index contributed by atoms with van der Waals surface area (Å²) < 4.78 is 5.13. The predicted molar refractivity (Wildman–Crippen MR) is 70.4 cm³/mol. The number of hydrogen-bond donors (Lipinski definition) is 2. The molecule has 0 unspecified atom stereocenters. The van der Waals surface area contributed by atoms with Gasteiger partial charge in [-0.3, -0.25) is 9.89 Å². The number of aromatic amines is 1. The van der Waals surface area contributed by atoms with Crippen molar-refractivity contribution in [2.45, 2.75) is 6.42 Å². The first kappa shape index (κ1) is 13.4. The molecule has 19 heavy (non-hydrogen) atoms. The number of H-pyrrole nitrogens is 1. The average Bonchev–Trinajstić information content (AvgIpc) is 2.91. The number of halogens is 1. The molecule has 7 heteroatoms. The van der Waals surface area contributed by atoms with Gasteiger partial charge in [-0.15, -0.1) is 0 Å². The standard InChI is InChI=1S/C12H13ClN4O2/c1-19-10-6-8(13)2-3-9(10)12(18)14-5-4-11-15-7-16-17-11/h2-3,6-7H,4-5H2,1H3,(H,14,18)(H,15,16,17). The van der Waals surface area contributed by atoms with E-state index in [1.54, 1.807) is 18.2 Å². The van der Waals surface area contributed by atoms with E-state index in [-0.39, 0.29) is 5.91 Å². The molecule has 100 valence electrons. The van der Waals surface area contributed by atoms with Gasteiger partial charge >= 0.3 is 0 Å². The Morgan fingerprint density at radius 1 is 1.53 bits per heavy atom. The Bertz CT molecular complexity index is 557. The molecule has 0 saturated heterocycles. The maximum absolute atomic E-state index is 12.0. The molecule has 1 aromatic carbocycles. The van der Waals surface area contributed by atoms with E-state index in [9.17, 15) is 4.79 Å². The highest BCUT2D eigenvalue weighted by Gasteiger charge is 2.12. The van der Waals surface area contributed by atoms with Crippen molar-refractivity contribution in [3.05, 3.63) is 40.9 Å². The van der Waals surface area contributed by atoms with Crippen molar-refractivity contribution < 1.29 is 9.53 Å². The SMILES string of the molecule is COc1cc(Cl)ccc1C(=O)NCCc1ncn[nH]1. The molecule has 0 fully saturated rings. The molecule has 2 rings (SSSR count). The second-order valence-corrected chi connectivity index (χ2v) is 4.22. The van der Waals surface area contributed by atoms with E-state index in [0.717, 1.165) is 5.82 Å². The lowest BCUT2D eigenvalue weighted by molar-refractivity contribution is 0.0951. The number of nitrogens with one attached hydrogen (secondary N) is 2. The monoisotopic (exact) mass is 280 g/mol. The number of methoxy groups -OCH3 is 1. The number of carbonyl (C=O) groups excluding carboxylic acids is 1. The van der Waals surface area contributed by atoms with Crippen molar-refractivity contribution in [1.82, 2.24) is 20.5 Å². The van der Waals surface area contributed by atoms with E-state index in [1.165, 1.54) is 13.4 Å². The summed E-state index contributed by atoms with van der Waals surface area (Å²) in [5, 5.41) is 9.76. The van der Waals surface area contributed by atoms with Crippen molar-refractivity contribution in [2.75, 3.05) is 13.7 Å². The Balaban J connectivity index is 1.96. The summed E-state index contributed by atoms with van der Waals surface area (Å²) in [5.41, 5.74) is 0.449. The lowest BCUT2D eigenvalue weighted by Gasteiger charge is -2.09. The Morgan fingerprint density at radius 2 is 2.37 bits per heavy atom.